The van der Waals surface area contributed by atoms with E-state index in [2.05, 4.69) is 18.2 Å². The molecule has 0 bridgehead atoms. The molecular weight excluding hydrogens is 232 g/mol. The van der Waals surface area contributed by atoms with Crippen LogP contribution in [0.25, 0.3) is 22.1 Å². The van der Waals surface area contributed by atoms with Crippen LogP contribution in [0.5, 0.6) is 0 Å². The van der Waals surface area contributed by atoms with Crippen molar-refractivity contribution >= 4 is 22.6 Å². The summed E-state index contributed by atoms with van der Waals surface area (Å²) in [6.45, 7) is 0. The number of rotatable bonds is 1. The summed E-state index contributed by atoms with van der Waals surface area (Å²) in [5.74, 6) is 0. The molecule has 17 heavy (non-hydrogen) atoms. The van der Waals surface area contributed by atoms with Crippen LogP contribution in [0.2, 0.25) is 5.02 Å². The van der Waals surface area contributed by atoms with E-state index >= 15 is 0 Å². The van der Waals surface area contributed by atoms with E-state index in [1.807, 2.05) is 36.4 Å². The van der Waals surface area contributed by atoms with Gasteiger partial charge in [-0.25, -0.2) is 4.42 Å². The maximum Gasteiger partial charge on any atom is 0.359 e. The zero-order valence-corrected chi connectivity index (χ0v) is 9.82. The summed E-state index contributed by atoms with van der Waals surface area (Å²) in [6, 6.07) is 17.8. The first-order chi connectivity index (χ1) is 8.33. The molecule has 0 fully saturated rings. The Labute approximate surface area is 104 Å². The molecule has 0 aliphatic heterocycles. The fourth-order valence-corrected chi connectivity index (χ4v) is 2.03. The molecule has 0 radical (unpaired) electrons. The van der Waals surface area contributed by atoms with Crippen molar-refractivity contribution in [2.75, 3.05) is 0 Å². The Hall–Kier alpha value is -1.86. The van der Waals surface area contributed by atoms with Crippen LogP contribution < -0.4 is 0 Å². The summed E-state index contributed by atoms with van der Waals surface area (Å²) in [7, 11) is 0. The van der Waals surface area contributed by atoms with Gasteiger partial charge in [0.25, 0.3) is 0 Å². The van der Waals surface area contributed by atoms with Crippen LogP contribution in [0.1, 0.15) is 0 Å². The fourth-order valence-electron chi connectivity index (χ4n) is 1.85. The molecule has 0 amide bonds. The van der Waals surface area contributed by atoms with Crippen molar-refractivity contribution in [1.82, 2.24) is 0 Å². The summed E-state index contributed by atoms with van der Waals surface area (Å²) in [4.78, 5) is 0. The molecule has 3 rings (SSSR count). The topological polar surface area (TPSA) is 11.3 Å². The quantitative estimate of drug-likeness (QED) is 0.544. The van der Waals surface area contributed by atoms with E-state index in [0.29, 0.717) is 0 Å². The summed E-state index contributed by atoms with van der Waals surface area (Å²) >= 11 is 5.98. The molecule has 3 aromatic rings. The van der Waals surface area contributed by atoms with Crippen LogP contribution in [0, 0.1) is 0 Å². The maximum atomic E-state index is 5.98. The molecule has 0 saturated carbocycles. The lowest BCUT2D eigenvalue weighted by Crippen LogP contribution is -1.78. The lowest BCUT2D eigenvalue weighted by molar-refractivity contribution is 0.606. The minimum absolute atomic E-state index is 0.720. The molecule has 2 aromatic carbocycles. The van der Waals surface area contributed by atoms with E-state index in [1.54, 1.807) is 6.26 Å². The number of hydrogen-bond donors (Lipinski definition) is 0. The third-order valence-electron chi connectivity index (χ3n) is 2.70. The fraction of sp³-hybridized carbons (Fsp3) is 0. The number of halogens is 1. The predicted molar refractivity (Wildman–Crippen MR) is 71.1 cm³/mol. The monoisotopic (exact) mass is 241 g/mol. The lowest BCUT2D eigenvalue weighted by Gasteiger charge is -1.97. The van der Waals surface area contributed by atoms with Gasteiger partial charge in [-0.1, -0.05) is 41.9 Å². The van der Waals surface area contributed by atoms with E-state index in [1.165, 1.54) is 0 Å². The van der Waals surface area contributed by atoms with Crippen LogP contribution in [0.15, 0.2) is 65.3 Å². The first-order valence-corrected chi connectivity index (χ1v) is 5.77. The van der Waals surface area contributed by atoms with Gasteiger partial charge < -0.3 is 0 Å². The van der Waals surface area contributed by atoms with Crippen LogP contribution in [-0.2, 0) is 0 Å². The summed E-state index contributed by atoms with van der Waals surface area (Å²) in [6.07, 6.45) is 1.77. The molecule has 0 atom stereocenters. The first kappa shape index (κ1) is 10.3. The average molecular weight is 242 g/mol. The van der Waals surface area contributed by atoms with Crippen LogP contribution in [0.4, 0.5) is 0 Å². The SMILES string of the molecule is Clc1ccc2[o+]cc(-c3ccccc3)cc2c1. The molecule has 0 aliphatic rings. The smallest absolute Gasteiger partial charge is 0.215 e. The Morgan fingerprint density at radius 1 is 0.824 bits per heavy atom. The Bertz CT molecular complexity index is 662. The van der Waals surface area contributed by atoms with Gasteiger partial charge in [-0.2, -0.15) is 0 Å². The maximum absolute atomic E-state index is 5.98. The van der Waals surface area contributed by atoms with Gasteiger partial charge in [0.05, 0.1) is 10.9 Å². The molecule has 0 N–H and O–H groups in total. The summed E-state index contributed by atoms with van der Waals surface area (Å²) < 4.78 is 5.59. The largest absolute Gasteiger partial charge is 0.359 e. The Morgan fingerprint density at radius 3 is 2.47 bits per heavy atom. The van der Waals surface area contributed by atoms with Crippen LogP contribution in [0.3, 0.4) is 0 Å². The van der Waals surface area contributed by atoms with Gasteiger partial charge in [0, 0.05) is 11.1 Å². The van der Waals surface area contributed by atoms with Gasteiger partial charge in [0.1, 0.15) is 0 Å². The van der Waals surface area contributed by atoms with Crippen molar-refractivity contribution in [3.63, 3.8) is 0 Å². The van der Waals surface area contributed by atoms with Crippen LogP contribution >= 0.6 is 11.6 Å². The van der Waals surface area contributed by atoms with Gasteiger partial charge in [0.15, 0.2) is 0 Å². The molecular formula is C15H10ClO+. The highest BCUT2D eigenvalue weighted by atomic mass is 35.5. The molecule has 0 aliphatic carbocycles. The zero-order chi connectivity index (χ0) is 11.7. The predicted octanol–water partition coefficient (Wildman–Crippen LogP) is 5.03. The Morgan fingerprint density at radius 2 is 1.65 bits per heavy atom. The molecule has 1 nitrogen and oxygen atoms in total. The van der Waals surface area contributed by atoms with Crippen LogP contribution in [-0.4, -0.2) is 0 Å². The molecule has 0 saturated heterocycles. The zero-order valence-electron chi connectivity index (χ0n) is 9.06. The summed E-state index contributed by atoms with van der Waals surface area (Å²) in [5, 5.41) is 1.73. The first-order valence-electron chi connectivity index (χ1n) is 5.39. The molecule has 2 heteroatoms. The van der Waals surface area contributed by atoms with Crippen molar-refractivity contribution in [2.45, 2.75) is 0 Å². The van der Waals surface area contributed by atoms with Gasteiger partial charge >= 0.3 is 11.8 Å². The number of fused-ring (bicyclic) bond motifs is 1. The summed E-state index contributed by atoms with van der Waals surface area (Å²) in [5.41, 5.74) is 3.03. The highest BCUT2D eigenvalue weighted by molar-refractivity contribution is 6.31. The van der Waals surface area contributed by atoms with Crippen molar-refractivity contribution in [1.29, 1.82) is 0 Å². The van der Waals surface area contributed by atoms with E-state index in [4.69, 9.17) is 16.0 Å². The van der Waals surface area contributed by atoms with Crippen molar-refractivity contribution in [2.24, 2.45) is 0 Å². The van der Waals surface area contributed by atoms with E-state index in [-0.39, 0.29) is 0 Å². The van der Waals surface area contributed by atoms with E-state index in [9.17, 15) is 0 Å². The van der Waals surface area contributed by atoms with Crippen molar-refractivity contribution in [3.8, 4) is 11.1 Å². The molecule has 1 aromatic heterocycles. The Kier molecular flexibility index (Phi) is 2.54. The van der Waals surface area contributed by atoms with E-state index < -0.39 is 0 Å². The average Bonchev–Trinajstić information content (AvgIpc) is 2.39. The third kappa shape index (κ3) is 2.02. The van der Waals surface area contributed by atoms with Gasteiger partial charge in [-0.05, 0) is 23.8 Å². The van der Waals surface area contributed by atoms with Crippen molar-refractivity contribution in [3.05, 3.63) is 65.9 Å². The number of hydrogen-bond acceptors (Lipinski definition) is 0. The second-order valence-corrected chi connectivity index (χ2v) is 4.32. The minimum atomic E-state index is 0.720. The standard InChI is InChI=1S/C15H10ClO/c16-14-6-7-15-12(9-14)8-13(10-17-15)11-4-2-1-3-5-11/h1-10H/q+1. The Balaban J connectivity index is 2.19. The normalized spacial score (nSPS) is 10.6. The van der Waals surface area contributed by atoms with Crippen molar-refractivity contribution < 1.29 is 4.42 Å². The number of benzene rings is 2. The minimum Gasteiger partial charge on any atom is -0.215 e. The highest BCUT2D eigenvalue weighted by Gasteiger charge is 2.09. The molecule has 1 heterocycles. The second-order valence-electron chi connectivity index (χ2n) is 3.88. The molecule has 0 spiro atoms. The van der Waals surface area contributed by atoms with E-state index in [0.717, 1.165) is 27.1 Å². The highest BCUT2D eigenvalue weighted by Crippen LogP contribution is 2.26. The second kappa shape index (κ2) is 4.19. The van der Waals surface area contributed by atoms with Gasteiger partial charge in [-0.3, -0.25) is 0 Å². The van der Waals surface area contributed by atoms with Gasteiger partial charge in [-0.15, -0.1) is 0 Å². The molecule has 82 valence electrons. The lowest BCUT2D eigenvalue weighted by atomic mass is 10.1. The third-order valence-corrected chi connectivity index (χ3v) is 2.94. The molecule has 0 unspecified atom stereocenters. The van der Waals surface area contributed by atoms with Gasteiger partial charge in [0.2, 0.25) is 0 Å².